The highest BCUT2D eigenvalue weighted by Gasteiger charge is 2.06. The van der Waals surface area contributed by atoms with Crippen molar-refractivity contribution in [2.45, 2.75) is 13.8 Å². The van der Waals surface area contributed by atoms with Gasteiger partial charge in [0.2, 0.25) is 0 Å². The monoisotopic (exact) mass is 159 g/mol. The van der Waals surface area contributed by atoms with Crippen LogP contribution in [0.4, 0.5) is 0 Å². The molecule has 0 radical (unpaired) electrons. The van der Waals surface area contributed by atoms with Crippen molar-refractivity contribution in [3.05, 3.63) is 0 Å². The van der Waals surface area contributed by atoms with Crippen molar-refractivity contribution in [2.75, 3.05) is 27.2 Å². The van der Waals surface area contributed by atoms with Crippen LogP contribution >= 0.6 is 0 Å². The summed E-state index contributed by atoms with van der Waals surface area (Å²) in [5.74, 6) is -0.135. The lowest BCUT2D eigenvalue weighted by molar-refractivity contribution is -0.147. The smallest absolute Gasteiger partial charge is 0.308 e. The first kappa shape index (κ1) is 10.4. The number of likely N-dealkylation sites (N-methyl/N-ethyl adjacent to an activating group) is 1. The second kappa shape index (κ2) is 5.13. The Bertz CT molecular complexity index is 121. The van der Waals surface area contributed by atoms with Crippen molar-refractivity contribution >= 4 is 5.97 Å². The van der Waals surface area contributed by atoms with E-state index in [-0.39, 0.29) is 11.9 Å². The van der Waals surface area contributed by atoms with Gasteiger partial charge in [0.1, 0.15) is 6.61 Å². The number of ether oxygens (including phenoxy) is 1. The Kier molecular flexibility index (Phi) is 4.86. The van der Waals surface area contributed by atoms with Gasteiger partial charge < -0.3 is 9.64 Å². The Morgan fingerprint density at radius 2 is 2.00 bits per heavy atom. The molecule has 3 heteroatoms. The molecule has 0 bridgehead atoms. The fourth-order valence-corrected chi connectivity index (χ4v) is 0.495. The molecule has 0 aromatic carbocycles. The number of esters is 1. The molecule has 0 aromatic heterocycles. The van der Waals surface area contributed by atoms with Crippen LogP contribution in [0.5, 0.6) is 0 Å². The van der Waals surface area contributed by atoms with Crippen LogP contribution in [0.3, 0.4) is 0 Å². The van der Waals surface area contributed by atoms with E-state index in [2.05, 4.69) is 0 Å². The maximum atomic E-state index is 10.9. The predicted octanol–water partition coefficient (Wildman–Crippen LogP) is 0.747. The quantitative estimate of drug-likeness (QED) is 0.567. The maximum Gasteiger partial charge on any atom is 0.308 e. The standard InChI is InChI=1S/C8H17NO2/c1-7(2)8(10)11-6-5-9(3)4/h7H,5-6H2,1-4H3. The number of rotatable bonds is 4. The average molecular weight is 159 g/mol. The molecule has 0 N–H and O–H groups in total. The Hall–Kier alpha value is -0.570. The molecular formula is C8H17NO2. The van der Waals surface area contributed by atoms with Gasteiger partial charge in [0.05, 0.1) is 5.92 Å². The summed E-state index contributed by atoms with van der Waals surface area (Å²) in [6.07, 6.45) is 0. The van der Waals surface area contributed by atoms with Crippen LogP contribution in [-0.2, 0) is 9.53 Å². The van der Waals surface area contributed by atoms with E-state index in [1.165, 1.54) is 0 Å². The van der Waals surface area contributed by atoms with Crippen LogP contribution in [0.1, 0.15) is 13.8 Å². The van der Waals surface area contributed by atoms with Crippen molar-refractivity contribution in [2.24, 2.45) is 5.92 Å². The Morgan fingerprint density at radius 3 is 2.36 bits per heavy atom. The van der Waals surface area contributed by atoms with Crippen LogP contribution in [-0.4, -0.2) is 38.1 Å². The molecule has 11 heavy (non-hydrogen) atoms. The van der Waals surface area contributed by atoms with Crippen LogP contribution in [0, 0.1) is 5.92 Å². The Labute approximate surface area is 68.3 Å². The van der Waals surface area contributed by atoms with Crippen LogP contribution in [0.2, 0.25) is 0 Å². The molecule has 0 aliphatic rings. The van der Waals surface area contributed by atoms with E-state index in [0.717, 1.165) is 6.54 Å². The summed E-state index contributed by atoms with van der Waals surface area (Å²) in [4.78, 5) is 12.9. The van der Waals surface area contributed by atoms with Gasteiger partial charge in [-0.05, 0) is 14.1 Å². The third kappa shape index (κ3) is 5.85. The molecule has 0 aliphatic carbocycles. The maximum absolute atomic E-state index is 10.9. The van der Waals surface area contributed by atoms with Crippen LogP contribution in [0.15, 0.2) is 0 Å². The van der Waals surface area contributed by atoms with Crippen LogP contribution < -0.4 is 0 Å². The highest BCUT2D eigenvalue weighted by atomic mass is 16.5. The van der Waals surface area contributed by atoms with Crippen molar-refractivity contribution < 1.29 is 9.53 Å². The summed E-state index contributed by atoms with van der Waals surface area (Å²) in [5.41, 5.74) is 0. The molecule has 0 amide bonds. The molecule has 0 saturated heterocycles. The van der Waals surface area contributed by atoms with Gasteiger partial charge in [-0.2, -0.15) is 0 Å². The molecular weight excluding hydrogens is 142 g/mol. The molecule has 0 rings (SSSR count). The van der Waals surface area contributed by atoms with Crippen molar-refractivity contribution in [3.8, 4) is 0 Å². The number of nitrogens with zero attached hydrogens (tertiary/aromatic N) is 1. The van der Waals surface area contributed by atoms with Crippen molar-refractivity contribution in [1.29, 1.82) is 0 Å². The van der Waals surface area contributed by atoms with Gasteiger partial charge in [-0.15, -0.1) is 0 Å². The summed E-state index contributed by atoms with van der Waals surface area (Å²) in [5, 5.41) is 0. The number of hydrogen-bond donors (Lipinski definition) is 0. The number of hydrogen-bond acceptors (Lipinski definition) is 3. The van der Waals surface area contributed by atoms with E-state index in [1.54, 1.807) is 0 Å². The van der Waals surface area contributed by atoms with E-state index in [0.29, 0.717) is 6.61 Å². The third-order valence-corrected chi connectivity index (χ3v) is 1.25. The lowest BCUT2D eigenvalue weighted by Gasteiger charge is -2.10. The van der Waals surface area contributed by atoms with Gasteiger partial charge in [0, 0.05) is 6.54 Å². The minimum atomic E-state index is -0.119. The first-order valence-corrected chi connectivity index (χ1v) is 3.85. The second-order valence-corrected chi connectivity index (χ2v) is 3.13. The fourth-order valence-electron chi connectivity index (χ4n) is 0.495. The molecule has 0 aliphatic heterocycles. The molecule has 0 unspecified atom stereocenters. The van der Waals surface area contributed by atoms with Gasteiger partial charge in [0.15, 0.2) is 0 Å². The van der Waals surface area contributed by atoms with Gasteiger partial charge >= 0.3 is 5.97 Å². The normalized spacial score (nSPS) is 10.7. The van der Waals surface area contributed by atoms with Gasteiger partial charge in [-0.25, -0.2) is 0 Å². The molecule has 0 aromatic rings. The van der Waals surface area contributed by atoms with E-state index in [1.807, 2.05) is 32.8 Å². The van der Waals surface area contributed by atoms with Crippen molar-refractivity contribution in [3.63, 3.8) is 0 Å². The fraction of sp³-hybridized carbons (Fsp3) is 0.875. The predicted molar refractivity (Wildman–Crippen MR) is 44.4 cm³/mol. The summed E-state index contributed by atoms with van der Waals surface area (Å²) >= 11 is 0. The SMILES string of the molecule is CC(C)C(=O)OCCN(C)C. The largest absolute Gasteiger partial charge is 0.464 e. The first-order valence-electron chi connectivity index (χ1n) is 3.85. The van der Waals surface area contributed by atoms with Crippen molar-refractivity contribution in [1.82, 2.24) is 4.90 Å². The highest BCUT2D eigenvalue weighted by molar-refractivity contribution is 5.71. The lowest BCUT2D eigenvalue weighted by Crippen LogP contribution is -2.21. The van der Waals surface area contributed by atoms with Gasteiger partial charge in [0.25, 0.3) is 0 Å². The highest BCUT2D eigenvalue weighted by Crippen LogP contribution is 1.94. The molecule has 0 heterocycles. The zero-order valence-electron chi connectivity index (χ0n) is 7.76. The number of carbonyl (C=O) groups excluding carboxylic acids is 1. The minimum absolute atomic E-state index is 0.0165. The summed E-state index contributed by atoms with van der Waals surface area (Å²) < 4.78 is 4.93. The van der Waals surface area contributed by atoms with Gasteiger partial charge in [-0.3, -0.25) is 4.79 Å². The molecule has 66 valence electrons. The Morgan fingerprint density at radius 1 is 1.45 bits per heavy atom. The molecule has 0 spiro atoms. The van der Waals surface area contributed by atoms with Crippen LogP contribution in [0.25, 0.3) is 0 Å². The zero-order valence-corrected chi connectivity index (χ0v) is 7.76. The zero-order chi connectivity index (χ0) is 8.85. The molecule has 0 saturated carbocycles. The van der Waals surface area contributed by atoms with E-state index >= 15 is 0 Å². The van der Waals surface area contributed by atoms with E-state index in [9.17, 15) is 4.79 Å². The number of carbonyl (C=O) groups is 1. The van der Waals surface area contributed by atoms with E-state index < -0.39 is 0 Å². The Balaban J connectivity index is 3.32. The lowest BCUT2D eigenvalue weighted by atomic mass is 10.2. The molecule has 3 nitrogen and oxygen atoms in total. The summed E-state index contributed by atoms with van der Waals surface area (Å²) in [7, 11) is 3.90. The third-order valence-electron chi connectivity index (χ3n) is 1.25. The average Bonchev–Trinajstić information content (AvgIpc) is 1.86. The molecule has 0 fully saturated rings. The topological polar surface area (TPSA) is 29.5 Å². The van der Waals surface area contributed by atoms with E-state index in [4.69, 9.17) is 4.74 Å². The van der Waals surface area contributed by atoms with Gasteiger partial charge in [-0.1, -0.05) is 13.8 Å². The molecule has 0 atom stereocenters. The summed E-state index contributed by atoms with van der Waals surface area (Å²) in [6, 6.07) is 0. The minimum Gasteiger partial charge on any atom is -0.464 e. The first-order chi connectivity index (χ1) is 5.04. The second-order valence-electron chi connectivity index (χ2n) is 3.13. The summed E-state index contributed by atoms with van der Waals surface area (Å²) in [6.45, 7) is 4.94.